The zero-order chi connectivity index (χ0) is 20.0. The van der Waals surface area contributed by atoms with Gasteiger partial charge in [-0.1, -0.05) is 32.0 Å². The molecule has 0 aliphatic rings. The first kappa shape index (κ1) is 24.1. The third-order valence-electron chi connectivity index (χ3n) is 4.27. The van der Waals surface area contributed by atoms with Crippen molar-refractivity contribution in [1.82, 2.24) is 0 Å². The summed E-state index contributed by atoms with van der Waals surface area (Å²) in [5, 5.41) is 3.30. The number of hydrogen-bond acceptors (Lipinski definition) is 3. The molecule has 0 aliphatic heterocycles. The normalized spacial score (nSPS) is 11.3. The largest absolute Gasteiger partial charge is 0.492 e. The van der Waals surface area contributed by atoms with E-state index in [1.165, 1.54) is 6.07 Å². The van der Waals surface area contributed by atoms with Gasteiger partial charge in [0.1, 0.15) is 12.4 Å². The number of nitrogens with one attached hydrogen (secondary N) is 1. The minimum Gasteiger partial charge on any atom is -0.492 e. The molecule has 0 aliphatic carbocycles. The standard InChI is InChI=1S/C21H27F3N2O.ClH/c1-4-26-20-8-5-15(12-18(20)14(2)3)11-16-6-7-17(27-10-9-25)13-19(16)21(22,23)24;/h5-8,12-14,26H,4,9-11,25H2,1-3H3;1H. The number of hydrogen-bond donors (Lipinski definition) is 2. The summed E-state index contributed by atoms with van der Waals surface area (Å²) in [5.41, 5.74) is 7.89. The van der Waals surface area contributed by atoms with Gasteiger partial charge >= 0.3 is 6.18 Å². The Morgan fingerprint density at radius 3 is 2.39 bits per heavy atom. The van der Waals surface area contributed by atoms with Gasteiger partial charge in [-0.15, -0.1) is 12.4 Å². The molecule has 3 N–H and O–H groups in total. The van der Waals surface area contributed by atoms with Crippen LogP contribution in [-0.4, -0.2) is 19.7 Å². The molecule has 3 nitrogen and oxygen atoms in total. The van der Waals surface area contributed by atoms with E-state index in [1.807, 2.05) is 25.1 Å². The van der Waals surface area contributed by atoms with Crippen LogP contribution in [0.4, 0.5) is 18.9 Å². The minimum absolute atomic E-state index is 0. The molecule has 0 unspecified atom stereocenters. The summed E-state index contributed by atoms with van der Waals surface area (Å²) in [4.78, 5) is 0. The van der Waals surface area contributed by atoms with Gasteiger partial charge in [0.05, 0.1) is 5.56 Å². The average Bonchev–Trinajstić information content (AvgIpc) is 2.61. The van der Waals surface area contributed by atoms with E-state index >= 15 is 0 Å². The lowest BCUT2D eigenvalue weighted by atomic mass is 9.94. The summed E-state index contributed by atoms with van der Waals surface area (Å²) in [5.74, 6) is 0.454. The van der Waals surface area contributed by atoms with E-state index in [9.17, 15) is 13.2 Å². The molecule has 0 amide bonds. The molecule has 2 aromatic rings. The van der Waals surface area contributed by atoms with Crippen molar-refractivity contribution in [3.05, 3.63) is 58.7 Å². The Balaban J connectivity index is 0.00000392. The third-order valence-corrected chi connectivity index (χ3v) is 4.27. The van der Waals surface area contributed by atoms with E-state index < -0.39 is 11.7 Å². The lowest BCUT2D eigenvalue weighted by Crippen LogP contribution is -2.13. The van der Waals surface area contributed by atoms with Gasteiger partial charge in [0.25, 0.3) is 0 Å². The lowest BCUT2D eigenvalue weighted by molar-refractivity contribution is -0.138. The van der Waals surface area contributed by atoms with Crippen molar-refractivity contribution in [2.75, 3.05) is 25.0 Å². The molecule has 0 fully saturated rings. The monoisotopic (exact) mass is 416 g/mol. The number of nitrogens with two attached hydrogens (primary N) is 1. The maximum atomic E-state index is 13.5. The first-order chi connectivity index (χ1) is 12.8. The van der Waals surface area contributed by atoms with Gasteiger partial charge < -0.3 is 15.8 Å². The fourth-order valence-electron chi connectivity index (χ4n) is 3.01. The van der Waals surface area contributed by atoms with Crippen LogP contribution in [0.15, 0.2) is 36.4 Å². The van der Waals surface area contributed by atoms with Crippen LogP contribution in [-0.2, 0) is 12.6 Å². The summed E-state index contributed by atoms with van der Waals surface area (Å²) in [7, 11) is 0. The molecule has 0 saturated carbocycles. The van der Waals surface area contributed by atoms with Crippen LogP contribution in [0.2, 0.25) is 0 Å². The molecule has 0 aromatic heterocycles. The first-order valence-electron chi connectivity index (χ1n) is 9.16. The Labute approximate surface area is 170 Å². The van der Waals surface area contributed by atoms with E-state index in [1.54, 1.807) is 6.07 Å². The van der Waals surface area contributed by atoms with Gasteiger partial charge in [-0.3, -0.25) is 0 Å². The van der Waals surface area contributed by atoms with E-state index in [-0.39, 0.29) is 49.2 Å². The highest BCUT2D eigenvalue weighted by atomic mass is 35.5. The topological polar surface area (TPSA) is 47.3 Å². The number of alkyl halides is 3. The smallest absolute Gasteiger partial charge is 0.416 e. The predicted octanol–water partition coefficient (Wildman–Crippen LogP) is 5.61. The van der Waals surface area contributed by atoms with Crippen LogP contribution in [0.25, 0.3) is 0 Å². The Morgan fingerprint density at radius 1 is 1.11 bits per heavy atom. The van der Waals surface area contributed by atoms with Crippen LogP contribution in [0, 0.1) is 0 Å². The molecule has 0 spiro atoms. The fraction of sp³-hybridized carbons (Fsp3) is 0.429. The second kappa shape index (κ2) is 10.6. The SMILES string of the molecule is CCNc1ccc(Cc2ccc(OCCN)cc2C(F)(F)F)cc1C(C)C.Cl. The van der Waals surface area contributed by atoms with Gasteiger partial charge in [0.2, 0.25) is 0 Å². The molecule has 2 rings (SSSR count). The Morgan fingerprint density at radius 2 is 1.82 bits per heavy atom. The van der Waals surface area contributed by atoms with E-state index in [4.69, 9.17) is 10.5 Å². The van der Waals surface area contributed by atoms with Crippen molar-refractivity contribution in [2.45, 2.75) is 39.3 Å². The van der Waals surface area contributed by atoms with Crippen molar-refractivity contribution in [3.8, 4) is 5.75 Å². The van der Waals surface area contributed by atoms with Crippen molar-refractivity contribution in [3.63, 3.8) is 0 Å². The highest BCUT2D eigenvalue weighted by Crippen LogP contribution is 2.36. The van der Waals surface area contributed by atoms with E-state index in [2.05, 4.69) is 19.2 Å². The van der Waals surface area contributed by atoms with Gasteiger partial charge in [-0.05, 0) is 54.2 Å². The number of anilines is 1. The second-order valence-corrected chi connectivity index (χ2v) is 6.74. The zero-order valence-corrected chi connectivity index (χ0v) is 17.2. The van der Waals surface area contributed by atoms with Gasteiger partial charge in [-0.25, -0.2) is 0 Å². The molecule has 156 valence electrons. The van der Waals surface area contributed by atoms with E-state index in [0.717, 1.165) is 29.4 Å². The summed E-state index contributed by atoms with van der Waals surface area (Å²) >= 11 is 0. The molecule has 0 atom stereocenters. The van der Waals surface area contributed by atoms with Crippen molar-refractivity contribution < 1.29 is 17.9 Å². The maximum Gasteiger partial charge on any atom is 0.416 e. The van der Waals surface area contributed by atoms with Crippen LogP contribution in [0.3, 0.4) is 0 Å². The van der Waals surface area contributed by atoms with Crippen molar-refractivity contribution >= 4 is 18.1 Å². The molecule has 0 heterocycles. The van der Waals surface area contributed by atoms with Gasteiger partial charge in [-0.2, -0.15) is 13.2 Å². The molecular formula is C21H28ClF3N2O. The molecule has 0 bridgehead atoms. The summed E-state index contributed by atoms with van der Waals surface area (Å²) in [6, 6.07) is 9.92. The first-order valence-corrected chi connectivity index (χ1v) is 9.16. The predicted molar refractivity (Wildman–Crippen MR) is 111 cm³/mol. The van der Waals surface area contributed by atoms with Crippen molar-refractivity contribution in [2.24, 2.45) is 5.73 Å². The summed E-state index contributed by atoms with van der Waals surface area (Å²) in [6.45, 7) is 7.39. The minimum atomic E-state index is -4.44. The molecule has 0 saturated heterocycles. The highest BCUT2D eigenvalue weighted by molar-refractivity contribution is 5.85. The van der Waals surface area contributed by atoms with Crippen LogP contribution >= 0.6 is 12.4 Å². The van der Waals surface area contributed by atoms with Crippen LogP contribution in [0.1, 0.15) is 48.9 Å². The van der Waals surface area contributed by atoms with Crippen LogP contribution in [0.5, 0.6) is 5.75 Å². The maximum absolute atomic E-state index is 13.5. The number of benzene rings is 2. The second-order valence-electron chi connectivity index (χ2n) is 6.74. The molecule has 28 heavy (non-hydrogen) atoms. The zero-order valence-electron chi connectivity index (χ0n) is 16.4. The van der Waals surface area contributed by atoms with Gasteiger partial charge in [0, 0.05) is 18.8 Å². The van der Waals surface area contributed by atoms with E-state index in [0.29, 0.717) is 0 Å². The third kappa shape index (κ3) is 6.31. The Bertz CT molecular complexity index is 764. The van der Waals surface area contributed by atoms with Crippen LogP contribution < -0.4 is 15.8 Å². The number of halogens is 4. The number of rotatable bonds is 8. The molecule has 7 heteroatoms. The summed E-state index contributed by atoms with van der Waals surface area (Å²) in [6.07, 6.45) is -4.24. The molecule has 0 radical (unpaired) electrons. The fourth-order valence-corrected chi connectivity index (χ4v) is 3.01. The Kier molecular flexibility index (Phi) is 9.11. The van der Waals surface area contributed by atoms with Gasteiger partial charge in [0.15, 0.2) is 0 Å². The Hall–Kier alpha value is -1.92. The molecular weight excluding hydrogens is 389 g/mol. The quantitative estimate of drug-likeness (QED) is 0.587. The lowest BCUT2D eigenvalue weighted by Gasteiger charge is -2.18. The summed E-state index contributed by atoms with van der Waals surface area (Å²) < 4.78 is 45.9. The average molecular weight is 417 g/mol. The number of ether oxygens (including phenoxy) is 1. The highest BCUT2D eigenvalue weighted by Gasteiger charge is 2.33. The molecule has 2 aromatic carbocycles. The van der Waals surface area contributed by atoms with Crippen molar-refractivity contribution in [1.29, 1.82) is 0 Å².